The van der Waals surface area contributed by atoms with Crippen LogP contribution in [0.3, 0.4) is 0 Å². The minimum atomic E-state index is -5.26. The van der Waals surface area contributed by atoms with Crippen molar-refractivity contribution in [3.8, 4) is 11.5 Å². The number of nitrogens with zero attached hydrogens (tertiary/aromatic N) is 2. The van der Waals surface area contributed by atoms with Gasteiger partial charge in [0.2, 0.25) is 0 Å². The minimum Gasteiger partial charge on any atom is -0.493 e. The van der Waals surface area contributed by atoms with E-state index in [1.807, 2.05) is 24.4 Å². The molecular formula is C40H45BrClF3N2O6. The number of aryl methyl sites for hydroxylation is 1. The smallest absolute Gasteiger partial charge is 0.471 e. The lowest BCUT2D eigenvalue weighted by atomic mass is 9.59. The maximum atomic E-state index is 14.3. The number of alkyl halides is 3. The number of benzene rings is 2. The molecule has 3 aliphatic carbocycles. The zero-order valence-electron chi connectivity index (χ0n) is 30.4. The van der Waals surface area contributed by atoms with Crippen molar-refractivity contribution in [1.29, 1.82) is 0 Å². The fourth-order valence-electron chi connectivity index (χ4n) is 9.10. The molecule has 1 amide bonds. The topological polar surface area (TPSA) is 87.2 Å². The Morgan fingerprint density at radius 2 is 1.83 bits per heavy atom. The second kappa shape index (κ2) is 15.8. The van der Waals surface area contributed by atoms with E-state index >= 15 is 0 Å². The number of amides is 1. The van der Waals surface area contributed by atoms with E-state index < -0.39 is 29.0 Å². The summed E-state index contributed by atoms with van der Waals surface area (Å²) in [4.78, 5) is 32.3. The van der Waals surface area contributed by atoms with Gasteiger partial charge in [-0.3, -0.25) is 14.7 Å². The maximum absolute atomic E-state index is 14.3. The predicted octanol–water partition coefficient (Wildman–Crippen LogP) is 9.52. The first-order valence-electron chi connectivity index (χ1n) is 18.0. The summed E-state index contributed by atoms with van der Waals surface area (Å²) in [5.41, 5.74) is 1.82. The summed E-state index contributed by atoms with van der Waals surface area (Å²) in [7, 11) is 2.67. The summed E-state index contributed by atoms with van der Waals surface area (Å²) < 4.78 is 66.6. The third-order valence-electron chi connectivity index (χ3n) is 11.5. The molecule has 1 aromatic heterocycles. The lowest BCUT2D eigenvalue weighted by molar-refractivity contribution is -0.174. The van der Waals surface area contributed by atoms with E-state index in [0.717, 1.165) is 66.3 Å². The Balaban J connectivity index is 1.35. The van der Waals surface area contributed by atoms with E-state index in [9.17, 15) is 22.8 Å². The molecule has 0 bridgehead atoms. The average molecular weight is 822 g/mol. The van der Waals surface area contributed by atoms with Gasteiger partial charge in [0.25, 0.3) is 0 Å². The summed E-state index contributed by atoms with van der Waals surface area (Å²) in [5.74, 6) is -1.07. The lowest BCUT2D eigenvalue weighted by Gasteiger charge is -2.51. The third-order valence-corrected chi connectivity index (χ3v) is 12.4. The minimum absolute atomic E-state index is 0.0269. The average Bonchev–Trinajstić information content (AvgIpc) is 3.40. The second-order valence-electron chi connectivity index (χ2n) is 14.8. The molecule has 286 valence electrons. The summed E-state index contributed by atoms with van der Waals surface area (Å²) in [6.45, 7) is 4.87. The summed E-state index contributed by atoms with van der Waals surface area (Å²) in [5, 5.41) is 0.131. The first-order chi connectivity index (χ1) is 25.2. The van der Waals surface area contributed by atoms with Gasteiger partial charge in [-0.05, 0) is 144 Å². The highest BCUT2D eigenvalue weighted by Crippen LogP contribution is 2.58. The molecule has 0 aliphatic heterocycles. The molecule has 6 rings (SSSR count). The Labute approximate surface area is 321 Å². The van der Waals surface area contributed by atoms with Crippen LogP contribution in [0.5, 0.6) is 11.5 Å². The van der Waals surface area contributed by atoms with Crippen LogP contribution in [-0.2, 0) is 37.3 Å². The van der Waals surface area contributed by atoms with Crippen molar-refractivity contribution >= 4 is 45.1 Å². The van der Waals surface area contributed by atoms with Crippen LogP contribution < -0.4 is 14.4 Å². The van der Waals surface area contributed by atoms with E-state index in [-0.39, 0.29) is 42.2 Å². The molecule has 3 aromatic rings. The van der Waals surface area contributed by atoms with Gasteiger partial charge in [0.15, 0.2) is 6.79 Å². The second-order valence-corrected chi connectivity index (χ2v) is 16.1. The van der Waals surface area contributed by atoms with Crippen molar-refractivity contribution in [3.63, 3.8) is 0 Å². The highest BCUT2D eigenvalue weighted by Gasteiger charge is 2.60. The molecule has 0 saturated heterocycles. The van der Waals surface area contributed by atoms with Gasteiger partial charge in [0, 0.05) is 35.3 Å². The number of aromatic nitrogens is 1. The van der Waals surface area contributed by atoms with Crippen LogP contribution in [0.2, 0.25) is 5.02 Å². The Morgan fingerprint density at radius 3 is 2.51 bits per heavy atom. The molecular weight excluding hydrogens is 777 g/mol. The van der Waals surface area contributed by atoms with Crippen LogP contribution in [-0.4, -0.2) is 56.2 Å². The molecule has 53 heavy (non-hydrogen) atoms. The first-order valence-corrected chi connectivity index (χ1v) is 19.2. The normalized spacial score (nSPS) is 24.2. The van der Waals surface area contributed by atoms with Crippen LogP contribution in [0.4, 0.5) is 18.9 Å². The summed E-state index contributed by atoms with van der Waals surface area (Å²) in [6.07, 6.45) is 1.66. The van der Waals surface area contributed by atoms with Crippen molar-refractivity contribution in [3.05, 3.63) is 80.5 Å². The number of carbonyl (C=O) groups is 2. The molecule has 13 heteroatoms. The number of pyridine rings is 1. The number of methoxy groups -OCH3 is 2. The van der Waals surface area contributed by atoms with Crippen LogP contribution in [0.1, 0.15) is 87.1 Å². The van der Waals surface area contributed by atoms with E-state index in [1.54, 1.807) is 0 Å². The van der Waals surface area contributed by atoms with E-state index in [0.29, 0.717) is 36.0 Å². The van der Waals surface area contributed by atoms with Gasteiger partial charge in [-0.15, -0.1) is 0 Å². The number of hydrogen-bond acceptors (Lipinski definition) is 7. The Hall–Kier alpha value is -3.35. The molecule has 1 spiro atoms. The number of rotatable bonds is 11. The number of halogens is 5. The van der Waals surface area contributed by atoms with Crippen LogP contribution in [0, 0.1) is 11.8 Å². The molecule has 0 unspecified atom stereocenters. The van der Waals surface area contributed by atoms with Crippen LogP contribution in [0.15, 0.2) is 53.1 Å². The monoisotopic (exact) mass is 820 g/mol. The fraction of sp³-hybridized carbons (Fsp3) is 0.525. The van der Waals surface area contributed by atoms with Crippen molar-refractivity contribution in [2.75, 3.05) is 32.5 Å². The zero-order chi connectivity index (χ0) is 38.1. The summed E-state index contributed by atoms with van der Waals surface area (Å²) >= 11 is 9.88. The zero-order valence-corrected chi connectivity index (χ0v) is 32.7. The number of carbonyl (C=O) groups excluding carboxylic acids is 2. The van der Waals surface area contributed by atoms with Crippen LogP contribution in [0.25, 0.3) is 0 Å². The molecule has 8 nitrogen and oxygen atoms in total. The number of anilines is 1. The van der Waals surface area contributed by atoms with Gasteiger partial charge in [-0.1, -0.05) is 31.5 Å². The van der Waals surface area contributed by atoms with E-state index in [4.69, 9.17) is 30.5 Å². The number of ether oxygens (including phenoxy) is 4. The maximum Gasteiger partial charge on any atom is 0.471 e. The van der Waals surface area contributed by atoms with Gasteiger partial charge in [0.05, 0.1) is 18.2 Å². The SMILES string of the molecule is COCOc1cc2c(cc1Br)C[C@H](C[C@@H](C)COc1ccnc3c1[C@H](C)CCC3)C21CCC(C(=O)OC)(N(C(=O)C(F)(F)F)c2cccc(Cl)c2)CC1. The standard InChI is InChI=1S/C40H45BrClF3N2O6/c1-24(22-52-33-11-16-46-32-10-5-7-25(2)35(32)33)17-27-18-26-19-31(41)34(53-23-50-3)21-30(26)38(27)12-14-39(15-13-38,37(49)51-4)47(36(48)40(43,44)45)29-9-6-8-28(42)20-29/h6,8-9,11,16,19-21,24-25,27H,5,7,10,12-15,17-18,22-23H2,1-4H3/t24-,25-,27+,38?,39?/m1/s1. The number of fused-ring (bicyclic) bond motifs is 3. The lowest BCUT2D eigenvalue weighted by Crippen LogP contribution is -2.63. The van der Waals surface area contributed by atoms with Crippen LogP contribution >= 0.6 is 27.5 Å². The molecule has 0 radical (unpaired) electrons. The molecule has 1 heterocycles. The van der Waals surface area contributed by atoms with Gasteiger partial charge >= 0.3 is 18.1 Å². The molecule has 1 fully saturated rings. The van der Waals surface area contributed by atoms with Crippen molar-refractivity contribution in [2.45, 2.75) is 94.7 Å². The fourth-order valence-corrected chi connectivity index (χ4v) is 9.79. The van der Waals surface area contributed by atoms with Gasteiger partial charge < -0.3 is 18.9 Å². The Kier molecular flexibility index (Phi) is 11.7. The molecule has 2 aromatic carbocycles. The number of esters is 1. The van der Waals surface area contributed by atoms with Crippen molar-refractivity contribution in [1.82, 2.24) is 4.98 Å². The highest BCUT2D eigenvalue weighted by atomic mass is 79.9. The van der Waals surface area contributed by atoms with Gasteiger partial charge in [-0.25, -0.2) is 4.79 Å². The highest BCUT2D eigenvalue weighted by molar-refractivity contribution is 9.10. The van der Waals surface area contributed by atoms with Gasteiger partial charge in [-0.2, -0.15) is 13.2 Å². The van der Waals surface area contributed by atoms with Crippen molar-refractivity contribution in [2.24, 2.45) is 11.8 Å². The molecule has 0 N–H and O–H groups in total. The Bertz CT molecular complexity index is 1830. The largest absolute Gasteiger partial charge is 0.493 e. The van der Waals surface area contributed by atoms with E-state index in [1.165, 1.54) is 36.9 Å². The third kappa shape index (κ3) is 7.65. The van der Waals surface area contributed by atoms with E-state index in [2.05, 4.69) is 34.8 Å². The molecule has 1 saturated carbocycles. The Morgan fingerprint density at radius 1 is 1.08 bits per heavy atom. The predicted molar refractivity (Wildman–Crippen MR) is 199 cm³/mol. The molecule has 3 aliphatic rings. The first kappa shape index (κ1) is 39.3. The quantitative estimate of drug-likeness (QED) is 0.141. The number of hydrogen-bond donors (Lipinski definition) is 0. The van der Waals surface area contributed by atoms with Gasteiger partial charge in [0.1, 0.15) is 17.0 Å². The molecule has 3 atom stereocenters. The van der Waals surface area contributed by atoms with Crippen molar-refractivity contribution < 1.29 is 41.7 Å². The summed E-state index contributed by atoms with van der Waals surface area (Å²) in [6, 6.07) is 11.6.